The van der Waals surface area contributed by atoms with Crippen LogP contribution in [0, 0.1) is 0 Å². The lowest BCUT2D eigenvalue weighted by Crippen LogP contribution is -2.27. The number of nitrogens with zero attached hydrogens (tertiary/aromatic N) is 7. The normalized spacial score (nSPS) is 11.2. The van der Waals surface area contributed by atoms with E-state index in [1.807, 2.05) is 25.0 Å². The fourth-order valence-electron chi connectivity index (χ4n) is 4.26. The fraction of sp³-hybridized carbons (Fsp3) is 0.222. The number of pyridine rings is 1. The highest BCUT2D eigenvalue weighted by molar-refractivity contribution is 5.61. The molecule has 0 aliphatic heterocycles. The van der Waals surface area contributed by atoms with Crippen molar-refractivity contribution in [3.63, 3.8) is 0 Å². The van der Waals surface area contributed by atoms with Gasteiger partial charge in [0.2, 0.25) is 0 Å². The van der Waals surface area contributed by atoms with E-state index in [2.05, 4.69) is 122 Å². The second kappa shape index (κ2) is 9.02. The van der Waals surface area contributed by atoms with Crippen molar-refractivity contribution in [3.8, 4) is 22.8 Å². The molecule has 3 aromatic heterocycles. The maximum Gasteiger partial charge on any atom is 0.254 e. The molecule has 0 fully saturated rings. The van der Waals surface area contributed by atoms with E-state index in [1.54, 1.807) is 0 Å². The Hall–Kier alpha value is -4.13. The number of aromatic nitrogens is 5. The molecule has 0 radical (unpaired) electrons. The zero-order chi connectivity index (χ0) is 23.7. The predicted molar refractivity (Wildman–Crippen MR) is 137 cm³/mol. The summed E-state index contributed by atoms with van der Waals surface area (Å²) in [6, 6.07) is 23.2. The van der Waals surface area contributed by atoms with Crippen LogP contribution in [0.15, 0.2) is 85.5 Å². The number of benzene rings is 2. The van der Waals surface area contributed by atoms with Crippen LogP contribution in [-0.2, 0) is 0 Å². The summed E-state index contributed by atoms with van der Waals surface area (Å²) >= 11 is 0. The Bertz CT molecular complexity index is 1390. The van der Waals surface area contributed by atoms with Gasteiger partial charge >= 0.3 is 0 Å². The summed E-state index contributed by atoms with van der Waals surface area (Å²) in [5, 5.41) is 8.89. The molecule has 0 amide bonds. The summed E-state index contributed by atoms with van der Waals surface area (Å²) in [7, 11) is 4.10. The molecule has 172 valence electrons. The van der Waals surface area contributed by atoms with Crippen molar-refractivity contribution < 1.29 is 4.57 Å². The molecule has 0 bridgehead atoms. The molecule has 0 atom stereocenters. The average molecular weight is 453 g/mol. The molecule has 7 heteroatoms. The lowest BCUT2D eigenvalue weighted by Gasteiger charge is -2.21. The number of fused-ring (bicyclic) bond motifs is 1. The molecule has 0 saturated carbocycles. The van der Waals surface area contributed by atoms with E-state index in [0.717, 1.165) is 41.4 Å². The van der Waals surface area contributed by atoms with Gasteiger partial charge in [0, 0.05) is 38.6 Å². The molecule has 34 heavy (non-hydrogen) atoms. The Morgan fingerprint density at radius 1 is 0.853 bits per heavy atom. The summed E-state index contributed by atoms with van der Waals surface area (Å²) in [5.74, 6) is 0. The Morgan fingerprint density at radius 2 is 1.56 bits per heavy atom. The lowest BCUT2D eigenvalue weighted by atomic mass is 10.2. The highest BCUT2D eigenvalue weighted by Gasteiger charge is 2.17. The van der Waals surface area contributed by atoms with Crippen LogP contribution in [0.4, 0.5) is 11.4 Å². The summed E-state index contributed by atoms with van der Waals surface area (Å²) < 4.78 is 6.12. The first-order valence-electron chi connectivity index (χ1n) is 11.7. The molecule has 2 aromatic carbocycles. The van der Waals surface area contributed by atoms with E-state index >= 15 is 0 Å². The highest BCUT2D eigenvalue weighted by Crippen LogP contribution is 2.22. The van der Waals surface area contributed by atoms with Crippen molar-refractivity contribution in [2.45, 2.75) is 13.8 Å². The standard InChI is InChI=1S/C27H30N7/c1-5-31(6-2)22-14-16-24(17-15-22)34-19-26(28-29-34)27-9-7-8-25-18-32(20-33(25)27)23-12-10-21(11-13-23)30(3)4/h7-20H,5-6H2,1-4H3/q+1. The minimum absolute atomic E-state index is 0.823. The molecule has 7 nitrogen and oxygen atoms in total. The number of hydrogen-bond acceptors (Lipinski definition) is 4. The van der Waals surface area contributed by atoms with Crippen molar-refractivity contribution in [2.24, 2.45) is 0 Å². The van der Waals surface area contributed by atoms with Crippen molar-refractivity contribution in [1.29, 1.82) is 0 Å². The van der Waals surface area contributed by atoms with Gasteiger partial charge in [0.1, 0.15) is 11.9 Å². The van der Waals surface area contributed by atoms with Gasteiger partial charge in [-0.3, -0.25) is 0 Å². The highest BCUT2D eigenvalue weighted by atomic mass is 15.4. The second-order valence-electron chi connectivity index (χ2n) is 8.51. The van der Waals surface area contributed by atoms with E-state index in [1.165, 1.54) is 11.4 Å². The van der Waals surface area contributed by atoms with Gasteiger partial charge in [0.25, 0.3) is 6.33 Å². The smallest absolute Gasteiger partial charge is 0.254 e. The van der Waals surface area contributed by atoms with Crippen molar-refractivity contribution in [1.82, 2.24) is 19.4 Å². The van der Waals surface area contributed by atoms with Crippen LogP contribution in [0.3, 0.4) is 0 Å². The third-order valence-electron chi connectivity index (χ3n) is 6.23. The molecule has 5 rings (SSSR count). The topological polar surface area (TPSA) is 45.5 Å². The van der Waals surface area contributed by atoms with Crippen molar-refractivity contribution in [2.75, 3.05) is 37.0 Å². The van der Waals surface area contributed by atoms with Gasteiger partial charge in [-0.1, -0.05) is 11.3 Å². The van der Waals surface area contributed by atoms with Gasteiger partial charge < -0.3 is 9.80 Å². The quantitative estimate of drug-likeness (QED) is 0.344. The van der Waals surface area contributed by atoms with Gasteiger partial charge in [-0.2, -0.15) is 4.40 Å². The Kier molecular flexibility index (Phi) is 5.76. The third kappa shape index (κ3) is 4.01. The number of imidazole rings is 1. The Labute approximate surface area is 200 Å². The van der Waals surface area contributed by atoms with Gasteiger partial charge in [0.15, 0.2) is 16.9 Å². The zero-order valence-corrected chi connectivity index (χ0v) is 20.1. The molecule has 0 unspecified atom stereocenters. The van der Waals surface area contributed by atoms with Crippen LogP contribution >= 0.6 is 0 Å². The minimum Gasteiger partial charge on any atom is -0.378 e. The van der Waals surface area contributed by atoms with Gasteiger partial charge in [-0.05, 0) is 74.5 Å². The minimum atomic E-state index is 0.823. The van der Waals surface area contributed by atoms with Gasteiger partial charge in [0.05, 0.1) is 11.9 Å². The number of anilines is 2. The predicted octanol–water partition coefficient (Wildman–Crippen LogP) is 4.38. The molecule has 0 spiro atoms. The van der Waals surface area contributed by atoms with Gasteiger partial charge in [-0.15, -0.1) is 5.10 Å². The van der Waals surface area contributed by atoms with E-state index in [4.69, 9.17) is 0 Å². The van der Waals surface area contributed by atoms with Crippen molar-refractivity contribution >= 4 is 16.9 Å². The molecule has 3 heterocycles. The number of rotatable bonds is 7. The molecule has 5 aromatic rings. The zero-order valence-electron chi connectivity index (χ0n) is 20.1. The largest absolute Gasteiger partial charge is 0.378 e. The summed E-state index contributed by atoms with van der Waals surface area (Å²) in [6.07, 6.45) is 6.20. The maximum atomic E-state index is 4.48. The first-order valence-corrected chi connectivity index (χ1v) is 11.7. The fourth-order valence-corrected chi connectivity index (χ4v) is 4.26. The first-order chi connectivity index (χ1) is 16.6. The molecular formula is C27H30N7+. The van der Waals surface area contributed by atoms with Crippen LogP contribution in [0.25, 0.3) is 28.3 Å². The van der Waals surface area contributed by atoms with E-state index < -0.39 is 0 Å². The molecule has 0 aliphatic carbocycles. The van der Waals surface area contributed by atoms with Gasteiger partial charge in [-0.25, -0.2) is 9.25 Å². The van der Waals surface area contributed by atoms with E-state index in [9.17, 15) is 0 Å². The Balaban J connectivity index is 1.46. The summed E-state index contributed by atoms with van der Waals surface area (Å²) in [6.45, 7) is 6.32. The average Bonchev–Trinajstić information content (AvgIpc) is 3.53. The van der Waals surface area contributed by atoms with E-state index in [0.29, 0.717) is 0 Å². The molecule has 0 aliphatic rings. The molecular weight excluding hydrogens is 422 g/mol. The summed E-state index contributed by atoms with van der Waals surface area (Å²) in [5.41, 5.74) is 7.40. The van der Waals surface area contributed by atoms with Crippen LogP contribution in [-0.4, -0.2) is 46.6 Å². The first kappa shape index (κ1) is 21.7. The summed E-state index contributed by atoms with van der Waals surface area (Å²) in [4.78, 5) is 4.43. The van der Waals surface area contributed by atoms with E-state index in [-0.39, 0.29) is 0 Å². The maximum absolute atomic E-state index is 4.48. The Morgan fingerprint density at radius 3 is 2.24 bits per heavy atom. The molecule has 0 N–H and O–H groups in total. The SMILES string of the molecule is CCN(CC)c1ccc(-n2cc(-c3cccc4c[n+](-c5ccc(N(C)C)cc5)cn34)nn2)cc1. The molecule has 0 saturated heterocycles. The van der Waals surface area contributed by atoms with Crippen molar-refractivity contribution in [3.05, 3.63) is 85.5 Å². The van der Waals surface area contributed by atoms with Crippen LogP contribution in [0.2, 0.25) is 0 Å². The number of hydrogen-bond donors (Lipinski definition) is 0. The monoisotopic (exact) mass is 452 g/mol. The third-order valence-corrected chi connectivity index (χ3v) is 6.23. The van der Waals surface area contributed by atoms with Crippen LogP contribution in [0.5, 0.6) is 0 Å². The van der Waals surface area contributed by atoms with Crippen LogP contribution < -0.4 is 14.4 Å². The van der Waals surface area contributed by atoms with Crippen LogP contribution in [0.1, 0.15) is 13.8 Å². The second-order valence-corrected chi connectivity index (χ2v) is 8.51. The lowest BCUT2D eigenvalue weighted by molar-refractivity contribution is -0.594.